The second-order valence-electron chi connectivity index (χ2n) is 7.68. The van der Waals surface area contributed by atoms with Crippen LogP contribution in [-0.2, 0) is 16.1 Å². The van der Waals surface area contributed by atoms with E-state index in [1.54, 1.807) is 18.2 Å². The first-order chi connectivity index (χ1) is 15.9. The summed E-state index contributed by atoms with van der Waals surface area (Å²) in [7, 11) is 0. The van der Waals surface area contributed by atoms with Crippen LogP contribution in [-0.4, -0.2) is 33.8 Å². The quantitative estimate of drug-likeness (QED) is 0.487. The molecule has 6 nitrogen and oxygen atoms in total. The number of nitrogens with two attached hydrogens (primary N) is 1. The van der Waals surface area contributed by atoms with Crippen molar-refractivity contribution in [1.29, 1.82) is 0 Å². The normalized spacial score (nSPS) is 11.4. The van der Waals surface area contributed by atoms with E-state index in [1.165, 1.54) is 4.90 Å². The van der Waals surface area contributed by atoms with Crippen LogP contribution in [0.5, 0.6) is 0 Å². The van der Waals surface area contributed by atoms with Crippen molar-refractivity contribution in [3.63, 3.8) is 0 Å². The minimum Gasteiger partial charge on any atom is -0.480 e. The van der Waals surface area contributed by atoms with Crippen LogP contribution in [0.2, 0.25) is 0 Å². The third-order valence-corrected chi connectivity index (χ3v) is 5.39. The van der Waals surface area contributed by atoms with Crippen molar-refractivity contribution in [2.75, 3.05) is 0 Å². The zero-order chi connectivity index (χ0) is 23.8. The Morgan fingerprint density at radius 3 is 2.06 bits per heavy atom. The first kappa shape index (κ1) is 23.5. The minimum absolute atomic E-state index is 0.0662. The SMILES string of the molecule is C=Cc1ccc(CN(C(=O)c2ccc(-c3ccccc3)cc2)[C@@H](CCC(N)=O)C(=O)O)cc1. The Bertz CT molecular complexity index is 1120. The van der Waals surface area contributed by atoms with E-state index in [9.17, 15) is 19.5 Å². The lowest BCUT2D eigenvalue weighted by molar-refractivity contribution is -0.143. The van der Waals surface area contributed by atoms with E-state index < -0.39 is 23.8 Å². The molecule has 0 saturated heterocycles. The van der Waals surface area contributed by atoms with Crippen molar-refractivity contribution in [1.82, 2.24) is 4.90 Å². The average molecular weight is 443 g/mol. The number of carboxylic acids is 1. The van der Waals surface area contributed by atoms with Crippen molar-refractivity contribution in [2.45, 2.75) is 25.4 Å². The van der Waals surface area contributed by atoms with Crippen LogP contribution in [0.1, 0.15) is 34.3 Å². The van der Waals surface area contributed by atoms with Gasteiger partial charge in [0.05, 0.1) is 0 Å². The van der Waals surface area contributed by atoms with Crippen LogP contribution >= 0.6 is 0 Å². The third kappa shape index (κ3) is 6.17. The number of aliphatic carboxylic acids is 1. The molecular weight excluding hydrogens is 416 g/mol. The van der Waals surface area contributed by atoms with E-state index in [2.05, 4.69) is 6.58 Å². The molecule has 0 bridgehead atoms. The van der Waals surface area contributed by atoms with Crippen molar-refractivity contribution in [3.05, 3.63) is 102 Å². The van der Waals surface area contributed by atoms with Gasteiger partial charge in [0.2, 0.25) is 5.91 Å². The molecular formula is C27H26N2O4. The van der Waals surface area contributed by atoms with Crippen LogP contribution in [0.25, 0.3) is 17.2 Å². The molecule has 0 spiro atoms. The fraction of sp³-hybridized carbons (Fsp3) is 0.148. The van der Waals surface area contributed by atoms with Gasteiger partial charge >= 0.3 is 5.97 Å². The lowest BCUT2D eigenvalue weighted by Gasteiger charge is -2.29. The van der Waals surface area contributed by atoms with Crippen LogP contribution in [0, 0.1) is 0 Å². The van der Waals surface area contributed by atoms with E-state index in [0.717, 1.165) is 22.3 Å². The van der Waals surface area contributed by atoms with E-state index in [0.29, 0.717) is 5.56 Å². The number of benzene rings is 3. The number of hydrogen-bond acceptors (Lipinski definition) is 3. The summed E-state index contributed by atoms with van der Waals surface area (Å²) in [5.74, 6) is -2.23. The zero-order valence-corrected chi connectivity index (χ0v) is 18.2. The molecule has 3 rings (SSSR count). The predicted molar refractivity (Wildman–Crippen MR) is 128 cm³/mol. The van der Waals surface area contributed by atoms with Gasteiger partial charge in [0.1, 0.15) is 6.04 Å². The lowest BCUT2D eigenvalue weighted by atomic mass is 10.0. The lowest BCUT2D eigenvalue weighted by Crippen LogP contribution is -2.45. The number of amides is 2. The third-order valence-electron chi connectivity index (χ3n) is 5.39. The number of carbonyl (C=O) groups excluding carboxylic acids is 2. The molecule has 1 atom stereocenters. The van der Waals surface area contributed by atoms with Crippen LogP contribution in [0.3, 0.4) is 0 Å². The predicted octanol–water partition coefficient (Wildman–Crippen LogP) is 4.36. The number of primary amides is 1. The Balaban J connectivity index is 1.92. The number of carboxylic acid groups (broad SMARTS) is 1. The maximum Gasteiger partial charge on any atom is 0.326 e. The summed E-state index contributed by atoms with van der Waals surface area (Å²) in [6, 6.07) is 22.9. The Kier molecular flexibility index (Phi) is 7.76. The topological polar surface area (TPSA) is 101 Å². The largest absolute Gasteiger partial charge is 0.480 e. The molecule has 0 aliphatic carbocycles. The monoisotopic (exact) mass is 442 g/mol. The number of nitrogens with zero attached hydrogens (tertiary/aromatic N) is 1. The highest BCUT2D eigenvalue weighted by molar-refractivity contribution is 5.97. The van der Waals surface area contributed by atoms with E-state index in [4.69, 9.17) is 5.73 Å². The minimum atomic E-state index is -1.20. The van der Waals surface area contributed by atoms with Gasteiger partial charge in [-0.1, -0.05) is 79.4 Å². The Morgan fingerprint density at radius 1 is 0.909 bits per heavy atom. The molecule has 0 fully saturated rings. The fourth-order valence-electron chi connectivity index (χ4n) is 3.57. The Morgan fingerprint density at radius 2 is 1.52 bits per heavy atom. The second-order valence-corrected chi connectivity index (χ2v) is 7.68. The maximum atomic E-state index is 13.4. The summed E-state index contributed by atoms with van der Waals surface area (Å²) >= 11 is 0. The van der Waals surface area contributed by atoms with E-state index in [1.807, 2.05) is 66.7 Å². The highest BCUT2D eigenvalue weighted by atomic mass is 16.4. The molecule has 0 aliphatic rings. The molecule has 0 heterocycles. The Labute approximate surface area is 193 Å². The van der Waals surface area contributed by atoms with Gasteiger partial charge in [-0.25, -0.2) is 4.79 Å². The molecule has 0 aliphatic heterocycles. The van der Waals surface area contributed by atoms with Gasteiger partial charge in [-0.3, -0.25) is 9.59 Å². The molecule has 3 aromatic carbocycles. The summed E-state index contributed by atoms with van der Waals surface area (Å²) in [5.41, 5.74) is 9.24. The molecule has 6 heteroatoms. The van der Waals surface area contributed by atoms with Crippen LogP contribution in [0.15, 0.2) is 85.4 Å². The molecule has 3 aromatic rings. The van der Waals surface area contributed by atoms with E-state index in [-0.39, 0.29) is 19.4 Å². The van der Waals surface area contributed by atoms with Crippen molar-refractivity contribution < 1.29 is 19.5 Å². The van der Waals surface area contributed by atoms with Crippen molar-refractivity contribution >= 4 is 23.9 Å². The summed E-state index contributed by atoms with van der Waals surface area (Å²) in [4.78, 5) is 38.1. The van der Waals surface area contributed by atoms with Crippen LogP contribution < -0.4 is 5.73 Å². The van der Waals surface area contributed by atoms with Gasteiger partial charge in [0, 0.05) is 18.5 Å². The van der Waals surface area contributed by atoms with Gasteiger partial charge in [-0.05, 0) is 40.8 Å². The van der Waals surface area contributed by atoms with Crippen molar-refractivity contribution in [3.8, 4) is 11.1 Å². The van der Waals surface area contributed by atoms with E-state index >= 15 is 0 Å². The first-order valence-corrected chi connectivity index (χ1v) is 10.6. The molecule has 0 unspecified atom stereocenters. The summed E-state index contributed by atoms with van der Waals surface area (Å²) in [5, 5.41) is 9.85. The standard InChI is InChI=1S/C27H26N2O4/c1-2-19-8-10-20(11-9-19)18-29(24(27(32)33)16-17-25(28)30)26(31)23-14-12-22(13-15-23)21-6-4-3-5-7-21/h2-15,24H,1,16-18H2,(H2,28,30)(H,32,33)/t24-/m0/s1. The highest BCUT2D eigenvalue weighted by Gasteiger charge is 2.30. The van der Waals surface area contributed by atoms with Crippen LogP contribution in [0.4, 0.5) is 0 Å². The fourth-order valence-corrected chi connectivity index (χ4v) is 3.57. The van der Waals surface area contributed by atoms with Gasteiger partial charge in [-0.2, -0.15) is 0 Å². The highest BCUT2D eigenvalue weighted by Crippen LogP contribution is 2.22. The molecule has 33 heavy (non-hydrogen) atoms. The van der Waals surface area contributed by atoms with Gasteiger partial charge in [0.15, 0.2) is 0 Å². The van der Waals surface area contributed by atoms with Gasteiger partial charge in [-0.15, -0.1) is 0 Å². The first-order valence-electron chi connectivity index (χ1n) is 10.6. The number of carbonyl (C=O) groups is 3. The molecule has 0 radical (unpaired) electrons. The average Bonchev–Trinajstić information content (AvgIpc) is 2.83. The molecule has 0 saturated carbocycles. The van der Waals surface area contributed by atoms with Gasteiger partial charge in [0.25, 0.3) is 5.91 Å². The summed E-state index contributed by atoms with van der Waals surface area (Å²) < 4.78 is 0. The summed E-state index contributed by atoms with van der Waals surface area (Å²) in [6.07, 6.45) is 1.50. The zero-order valence-electron chi connectivity index (χ0n) is 18.2. The van der Waals surface area contributed by atoms with Crippen molar-refractivity contribution in [2.24, 2.45) is 5.73 Å². The second kappa shape index (κ2) is 10.9. The van der Waals surface area contributed by atoms with Gasteiger partial charge < -0.3 is 15.7 Å². The molecule has 0 aromatic heterocycles. The Hall–Kier alpha value is -4.19. The molecule has 168 valence electrons. The molecule has 3 N–H and O–H groups in total. The maximum absolute atomic E-state index is 13.4. The number of hydrogen-bond donors (Lipinski definition) is 2. The smallest absolute Gasteiger partial charge is 0.326 e. The summed E-state index contributed by atoms with van der Waals surface area (Å²) in [6.45, 7) is 3.80. The molecule has 2 amide bonds. The number of rotatable bonds is 10.